The van der Waals surface area contributed by atoms with Crippen LogP contribution >= 0.6 is 15.9 Å². The number of benzene rings is 1. The zero-order chi connectivity index (χ0) is 15.8. The molecule has 0 aliphatic rings. The van der Waals surface area contributed by atoms with E-state index in [-0.39, 0.29) is 0 Å². The van der Waals surface area contributed by atoms with Crippen LogP contribution in [-0.4, -0.2) is 38.7 Å². The van der Waals surface area contributed by atoms with Crippen molar-refractivity contribution in [2.75, 3.05) is 27.7 Å². The van der Waals surface area contributed by atoms with E-state index < -0.39 is 0 Å². The van der Waals surface area contributed by atoms with Gasteiger partial charge in [0.2, 0.25) is 0 Å². The van der Waals surface area contributed by atoms with Crippen molar-refractivity contribution in [2.24, 2.45) is 5.92 Å². The summed E-state index contributed by atoms with van der Waals surface area (Å²) in [7, 11) is 6.06. The van der Waals surface area contributed by atoms with Gasteiger partial charge in [0.05, 0.1) is 7.11 Å². The molecule has 21 heavy (non-hydrogen) atoms. The van der Waals surface area contributed by atoms with Crippen LogP contribution in [0.25, 0.3) is 0 Å². The lowest BCUT2D eigenvalue weighted by molar-refractivity contribution is 0.193. The number of hydrogen-bond acceptors (Lipinski definition) is 3. The minimum absolute atomic E-state index is 0.568. The first kappa shape index (κ1) is 18.5. The molecule has 0 aliphatic carbocycles. The summed E-state index contributed by atoms with van der Waals surface area (Å²) < 4.78 is 6.51. The third kappa shape index (κ3) is 5.61. The van der Waals surface area contributed by atoms with Crippen molar-refractivity contribution >= 4 is 15.9 Å². The Labute approximate surface area is 138 Å². The number of methoxy groups -OCH3 is 1. The number of nitrogens with zero attached hydrogens (tertiary/aromatic N) is 1. The maximum atomic E-state index is 5.42. The number of halogens is 1. The highest BCUT2D eigenvalue weighted by Crippen LogP contribution is 2.23. The molecule has 1 unspecified atom stereocenters. The second kappa shape index (κ2) is 9.44. The van der Waals surface area contributed by atoms with Crippen LogP contribution < -0.4 is 10.1 Å². The first-order valence-electron chi connectivity index (χ1n) is 7.72. The average molecular weight is 357 g/mol. The quantitative estimate of drug-likeness (QED) is 0.725. The summed E-state index contributed by atoms with van der Waals surface area (Å²) in [6.07, 6.45) is 2.45. The van der Waals surface area contributed by atoms with Gasteiger partial charge in [-0.15, -0.1) is 0 Å². The molecule has 120 valence electrons. The van der Waals surface area contributed by atoms with Crippen molar-refractivity contribution in [1.29, 1.82) is 0 Å². The van der Waals surface area contributed by atoms with E-state index in [1.54, 1.807) is 7.11 Å². The largest absolute Gasteiger partial charge is 0.496 e. The maximum Gasteiger partial charge on any atom is 0.123 e. The van der Waals surface area contributed by atoms with Crippen molar-refractivity contribution in [3.05, 3.63) is 28.2 Å². The molecule has 0 aliphatic heterocycles. The maximum absolute atomic E-state index is 5.42. The second-order valence-electron chi connectivity index (χ2n) is 5.69. The van der Waals surface area contributed by atoms with Crippen molar-refractivity contribution < 1.29 is 4.74 Å². The van der Waals surface area contributed by atoms with E-state index in [0.29, 0.717) is 6.04 Å². The molecule has 0 amide bonds. The number of ether oxygens (including phenoxy) is 1. The Morgan fingerprint density at radius 2 is 1.90 bits per heavy atom. The summed E-state index contributed by atoms with van der Waals surface area (Å²) in [6, 6.07) is 6.70. The van der Waals surface area contributed by atoms with E-state index in [0.717, 1.165) is 29.2 Å². The molecule has 1 rings (SSSR count). The summed E-state index contributed by atoms with van der Waals surface area (Å²) in [5, 5.41) is 3.59. The Morgan fingerprint density at radius 3 is 2.43 bits per heavy atom. The van der Waals surface area contributed by atoms with Gasteiger partial charge >= 0.3 is 0 Å². The zero-order valence-corrected chi connectivity index (χ0v) is 15.5. The van der Waals surface area contributed by atoms with Crippen LogP contribution in [0.3, 0.4) is 0 Å². The molecule has 4 heteroatoms. The highest BCUT2D eigenvalue weighted by atomic mass is 79.9. The highest BCUT2D eigenvalue weighted by molar-refractivity contribution is 9.10. The van der Waals surface area contributed by atoms with Crippen molar-refractivity contribution in [2.45, 2.75) is 39.3 Å². The SMILES string of the molecule is CCC(CC)C(CNCc1cc(Br)ccc1OC)N(C)C. The second-order valence-corrected chi connectivity index (χ2v) is 6.61. The van der Waals surface area contributed by atoms with E-state index in [1.807, 2.05) is 12.1 Å². The first-order valence-corrected chi connectivity index (χ1v) is 8.52. The summed E-state index contributed by atoms with van der Waals surface area (Å²) in [5.41, 5.74) is 1.19. The van der Waals surface area contributed by atoms with Gasteiger partial charge in [0.25, 0.3) is 0 Å². The van der Waals surface area contributed by atoms with Gasteiger partial charge in [-0.05, 0) is 38.2 Å². The predicted octanol–water partition coefficient (Wildman–Crippen LogP) is 3.91. The Balaban J connectivity index is 2.64. The summed E-state index contributed by atoms with van der Waals surface area (Å²) in [4.78, 5) is 2.34. The zero-order valence-electron chi connectivity index (χ0n) is 13.9. The van der Waals surface area contributed by atoms with Crippen LogP contribution in [0.15, 0.2) is 22.7 Å². The van der Waals surface area contributed by atoms with E-state index in [9.17, 15) is 0 Å². The Hall–Kier alpha value is -0.580. The van der Waals surface area contributed by atoms with Gasteiger partial charge in [0.1, 0.15) is 5.75 Å². The fourth-order valence-corrected chi connectivity index (χ4v) is 3.25. The molecule has 0 heterocycles. The molecule has 0 spiro atoms. The molecule has 1 aromatic carbocycles. The molecule has 0 saturated heterocycles. The van der Waals surface area contributed by atoms with Gasteiger partial charge in [0.15, 0.2) is 0 Å². The van der Waals surface area contributed by atoms with Gasteiger partial charge in [-0.1, -0.05) is 42.6 Å². The van der Waals surface area contributed by atoms with Crippen LogP contribution in [0, 0.1) is 5.92 Å². The molecule has 0 bridgehead atoms. The Kier molecular flexibility index (Phi) is 8.30. The number of hydrogen-bond donors (Lipinski definition) is 1. The third-order valence-corrected chi connectivity index (χ3v) is 4.66. The molecule has 1 aromatic rings. The Morgan fingerprint density at radius 1 is 1.24 bits per heavy atom. The lowest BCUT2D eigenvalue weighted by Gasteiger charge is -2.31. The molecular weight excluding hydrogens is 328 g/mol. The van der Waals surface area contributed by atoms with Gasteiger partial charge in [0, 0.05) is 29.2 Å². The predicted molar refractivity (Wildman–Crippen MR) is 93.9 cm³/mol. The van der Waals surface area contributed by atoms with Gasteiger partial charge in [-0.2, -0.15) is 0 Å². The van der Waals surface area contributed by atoms with Gasteiger partial charge in [-0.25, -0.2) is 0 Å². The highest BCUT2D eigenvalue weighted by Gasteiger charge is 2.20. The fourth-order valence-electron chi connectivity index (χ4n) is 2.84. The van der Waals surface area contributed by atoms with Crippen LogP contribution in [0.4, 0.5) is 0 Å². The molecule has 3 nitrogen and oxygen atoms in total. The van der Waals surface area contributed by atoms with E-state index in [1.165, 1.54) is 18.4 Å². The lowest BCUT2D eigenvalue weighted by Crippen LogP contribution is -2.42. The minimum atomic E-state index is 0.568. The standard InChI is InChI=1S/C17H29BrN2O/c1-6-13(7-2)16(20(3)4)12-19-11-14-10-15(18)8-9-17(14)21-5/h8-10,13,16,19H,6-7,11-12H2,1-5H3. The van der Waals surface area contributed by atoms with Crippen molar-refractivity contribution in [3.63, 3.8) is 0 Å². The van der Waals surface area contributed by atoms with Crippen LogP contribution in [-0.2, 0) is 6.54 Å². The average Bonchev–Trinajstić information content (AvgIpc) is 2.46. The normalized spacial score (nSPS) is 13.0. The summed E-state index contributed by atoms with van der Waals surface area (Å²) >= 11 is 3.52. The van der Waals surface area contributed by atoms with Crippen LogP contribution in [0.2, 0.25) is 0 Å². The molecule has 1 atom stereocenters. The van der Waals surface area contributed by atoms with Crippen molar-refractivity contribution in [3.8, 4) is 5.75 Å². The number of rotatable bonds is 9. The molecule has 1 N–H and O–H groups in total. The Bertz CT molecular complexity index is 419. The van der Waals surface area contributed by atoms with E-state index in [2.05, 4.69) is 60.2 Å². The monoisotopic (exact) mass is 356 g/mol. The molecule has 0 radical (unpaired) electrons. The van der Waals surface area contributed by atoms with E-state index in [4.69, 9.17) is 4.74 Å². The number of nitrogens with one attached hydrogen (secondary N) is 1. The fraction of sp³-hybridized carbons (Fsp3) is 0.647. The van der Waals surface area contributed by atoms with Gasteiger partial charge < -0.3 is 15.0 Å². The molecule has 0 saturated carbocycles. The van der Waals surface area contributed by atoms with E-state index >= 15 is 0 Å². The molecule has 0 aromatic heterocycles. The van der Waals surface area contributed by atoms with Crippen LogP contribution in [0.1, 0.15) is 32.3 Å². The minimum Gasteiger partial charge on any atom is -0.496 e. The summed E-state index contributed by atoms with van der Waals surface area (Å²) in [6.45, 7) is 6.38. The first-order chi connectivity index (χ1) is 10.0. The van der Waals surface area contributed by atoms with Crippen molar-refractivity contribution in [1.82, 2.24) is 10.2 Å². The lowest BCUT2D eigenvalue weighted by atomic mass is 9.93. The molecular formula is C17H29BrN2O. The molecule has 0 fully saturated rings. The summed E-state index contributed by atoms with van der Waals surface area (Å²) in [5.74, 6) is 1.67. The van der Waals surface area contributed by atoms with Gasteiger partial charge in [-0.3, -0.25) is 0 Å². The smallest absolute Gasteiger partial charge is 0.123 e. The third-order valence-electron chi connectivity index (χ3n) is 4.17. The topological polar surface area (TPSA) is 24.5 Å². The van der Waals surface area contributed by atoms with Crippen LogP contribution in [0.5, 0.6) is 5.75 Å². The number of likely N-dealkylation sites (N-methyl/N-ethyl adjacent to an activating group) is 1.